The van der Waals surface area contributed by atoms with E-state index >= 15 is 0 Å². The third-order valence-corrected chi connectivity index (χ3v) is 4.28. The molecule has 0 amide bonds. The molecule has 0 bridgehead atoms. The minimum atomic E-state index is -0.126. The molecular weight excluding hydrogens is 256 g/mol. The minimum Gasteiger partial charge on any atom is -0.507 e. The number of hydrogen-bond acceptors (Lipinski definition) is 3. The smallest absolute Gasteiger partial charge is 0.128 e. The van der Waals surface area contributed by atoms with Crippen LogP contribution < -0.4 is 4.74 Å². The molecule has 0 aliphatic rings. The van der Waals surface area contributed by atoms with Crippen molar-refractivity contribution in [2.45, 2.75) is 33.1 Å². The Morgan fingerprint density at radius 1 is 1.21 bits per heavy atom. The Labute approximate surface area is 118 Å². The Balaban J connectivity index is 2.71. The largest absolute Gasteiger partial charge is 0.507 e. The first-order chi connectivity index (χ1) is 8.84. The maximum Gasteiger partial charge on any atom is 0.128 e. The van der Waals surface area contributed by atoms with E-state index in [0.717, 1.165) is 21.8 Å². The first-order valence-corrected chi connectivity index (χ1v) is 7.18. The van der Waals surface area contributed by atoms with E-state index in [-0.39, 0.29) is 5.41 Å². The van der Waals surface area contributed by atoms with E-state index in [1.165, 1.54) is 5.56 Å². The Morgan fingerprint density at radius 2 is 1.89 bits per heavy atom. The Morgan fingerprint density at radius 3 is 2.37 bits per heavy atom. The molecule has 0 fully saturated rings. The van der Waals surface area contributed by atoms with Gasteiger partial charge in [-0.1, -0.05) is 20.8 Å². The zero-order chi connectivity index (χ0) is 14.2. The van der Waals surface area contributed by atoms with Crippen LogP contribution in [0.2, 0.25) is 0 Å². The van der Waals surface area contributed by atoms with E-state index in [9.17, 15) is 5.11 Å². The number of aryl methyl sites for hydroxylation is 1. The molecule has 0 saturated heterocycles. The SMILES string of the molecule is COc1cc(-c2sccc2C)c(O)c(C(C)(C)C)c1. The van der Waals surface area contributed by atoms with Crippen molar-refractivity contribution in [2.24, 2.45) is 0 Å². The monoisotopic (exact) mass is 276 g/mol. The summed E-state index contributed by atoms with van der Waals surface area (Å²) in [6, 6.07) is 5.89. The van der Waals surface area contributed by atoms with Gasteiger partial charge in [0.2, 0.25) is 0 Å². The van der Waals surface area contributed by atoms with Gasteiger partial charge >= 0.3 is 0 Å². The quantitative estimate of drug-likeness (QED) is 0.858. The second-order valence-electron chi connectivity index (χ2n) is 5.75. The molecule has 1 N–H and O–H groups in total. The number of phenols is 1. The van der Waals surface area contributed by atoms with E-state index in [4.69, 9.17) is 4.74 Å². The fourth-order valence-corrected chi connectivity index (χ4v) is 3.06. The van der Waals surface area contributed by atoms with Gasteiger partial charge in [-0.05, 0) is 41.5 Å². The first kappa shape index (κ1) is 13.9. The van der Waals surface area contributed by atoms with Crippen LogP contribution in [0.1, 0.15) is 31.9 Å². The van der Waals surface area contributed by atoms with Crippen molar-refractivity contribution in [2.75, 3.05) is 7.11 Å². The van der Waals surface area contributed by atoms with Crippen molar-refractivity contribution < 1.29 is 9.84 Å². The zero-order valence-corrected chi connectivity index (χ0v) is 12.9. The Kier molecular flexibility index (Phi) is 3.59. The number of ether oxygens (including phenoxy) is 1. The van der Waals surface area contributed by atoms with Crippen molar-refractivity contribution >= 4 is 11.3 Å². The summed E-state index contributed by atoms with van der Waals surface area (Å²) in [4.78, 5) is 1.10. The number of aromatic hydroxyl groups is 1. The summed E-state index contributed by atoms with van der Waals surface area (Å²) in [6.07, 6.45) is 0. The molecule has 2 rings (SSSR count). The standard InChI is InChI=1S/C16H20O2S/c1-10-6-7-19-15(10)12-8-11(18-5)9-13(14(12)17)16(2,3)4/h6-9,17H,1-5H3. The second kappa shape index (κ2) is 4.89. The van der Waals surface area contributed by atoms with Crippen LogP contribution in [0.5, 0.6) is 11.5 Å². The van der Waals surface area contributed by atoms with Gasteiger partial charge in [0.15, 0.2) is 0 Å². The molecule has 2 aromatic rings. The molecule has 0 unspecified atom stereocenters. The van der Waals surface area contributed by atoms with Gasteiger partial charge in [-0.2, -0.15) is 0 Å². The van der Waals surface area contributed by atoms with Gasteiger partial charge in [0.05, 0.1) is 7.11 Å². The summed E-state index contributed by atoms with van der Waals surface area (Å²) in [7, 11) is 1.66. The van der Waals surface area contributed by atoms with Gasteiger partial charge in [0.25, 0.3) is 0 Å². The predicted molar refractivity (Wildman–Crippen MR) is 81.4 cm³/mol. The van der Waals surface area contributed by atoms with E-state index in [2.05, 4.69) is 33.8 Å². The minimum absolute atomic E-state index is 0.126. The number of methoxy groups -OCH3 is 1. The van der Waals surface area contributed by atoms with E-state index < -0.39 is 0 Å². The van der Waals surface area contributed by atoms with Crippen molar-refractivity contribution in [3.8, 4) is 21.9 Å². The fourth-order valence-electron chi connectivity index (χ4n) is 2.12. The summed E-state index contributed by atoms with van der Waals surface area (Å²) < 4.78 is 5.38. The van der Waals surface area contributed by atoms with Gasteiger partial charge in [-0.25, -0.2) is 0 Å². The molecule has 0 aliphatic carbocycles. The number of rotatable bonds is 2. The number of thiophene rings is 1. The maximum atomic E-state index is 10.6. The highest BCUT2D eigenvalue weighted by atomic mass is 32.1. The van der Waals surface area contributed by atoms with Crippen molar-refractivity contribution in [3.05, 3.63) is 34.7 Å². The fraction of sp³-hybridized carbons (Fsp3) is 0.375. The number of phenolic OH excluding ortho intramolecular Hbond substituents is 1. The summed E-state index contributed by atoms with van der Waals surface area (Å²) in [6.45, 7) is 8.33. The molecule has 102 valence electrons. The van der Waals surface area contributed by atoms with Crippen LogP contribution >= 0.6 is 11.3 Å². The van der Waals surface area contributed by atoms with Crippen LogP contribution in [-0.2, 0) is 5.41 Å². The lowest BCUT2D eigenvalue weighted by molar-refractivity contribution is 0.406. The molecule has 0 atom stereocenters. The van der Waals surface area contributed by atoms with Crippen LogP contribution in [0.15, 0.2) is 23.6 Å². The lowest BCUT2D eigenvalue weighted by Crippen LogP contribution is -2.12. The molecule has 1 aromatic carbocycles. The van der Waals surface area contributed by atoms with Gasteiger partial charge in [-0.15, -0.1) is 11.3 Å². The van der Waals surface area contributed by atoms with Gasteiger partial charge in [-0.3, -0.25) is 0 Å². The number of benzene rings is 1. The lowest BCUT2D eigenvalue weighted by atomic mass is 9.84. The first-order valence-electron chi connectivity index (χ1n) is 6.30. The topological polar surface area (TPSA) is 29.5 Å². The molecule has 1 heterocycles. The van der Waals surface area contributed by atoms with E-state index in [1.54, 1.807) is 18.4 Å². The van der Waals surface area contributed by atoms with Crippen LogP contribution in [0, 0.1) is 6.92 Å². The van der Waals surface area contributed by atoms with Crippen LogP contribution in [0.3, 0.4) is 0 Å². The van der Waals surface area contributed by atoms with E-state index in [1.807, 2.05) is 17.5 Å². The molecule has 0 saturated carbocycles. The highest BCUT2D eigenvalue weighted by molar-refractivity contribution is 7.13. The predicted octanol–water partition coefficient (Wildman–Crippen LogP) is 4.74. The average Bonchev–Trinajstić information content (AvgIpc) is 2.74. The molecule has 0 radical (unpaired) electrons. The van der Waals surface area contributed by atoms with Crippen LogP contribution in [0.4, 0.5) is 0 Å². The third-order valence-electron chi connectivity index (χ3n) is 3.23. The zero-order valence-electron chi connectivity index (χ0n) is 12.1. The van der Waals surface area contributed by atoms with Gasteiger partial charge in [0, 0.05) is 16.0 Å². The summed E-state index contributed by atoms with van der Waals surface area (Å²) in [5, 5.41) is 12.6. The maximum absolute atomic E-state index is 10.6. The number of hydrogen-bond donors (Lipinski definition) is 1. The lowest BCUT2D eigenvalue weighted by Gasteiger charge is -2.23. The van der Waals surface area contributed by atoms with E-state index in [0.29, 0.717) is 5.75 Å². The highest BCUT2D eigenvalue weighted by Gasteiger charge is 2.23. The molecule has 0 spiro atoms. The molecular formula is C16H20O2S. The summed E-state index contributed by atoms with van der Waals surface area (Å²) >= 11 is 1.64. The van der Waals surface area contributed by atoms with Crippen molar-refractivity contribution in [3.63, 3.8) is 0 Å². The molecule has 1 aromatic heterocycles. The van der Waals surface area contributed by atoms with Crippen LogP contribution in [-0.4, -0.2) is 12.2 Å². The molecule has 3 heteroatoms. The molecule has 19 heavy (non-hydrogen) atoms. The summed E-state index contributed by atoms with van der Waals surface area (Å²) in [5.74, 6) is 1.14. The normalized spacial score (nSPS) is 11.6. The highest BCUT2D eigenvalue weighted by Crippen LogP contribution is 2.43. The van der Waals surface area contributed by atoms with Crippen LogP contribution in [0.25, 0.3) is 10.4 Å². The summed E-state index contributed by atoms with van der Waals surface area (Å²) in [5.41, 5.74) is 2.82. The van der Waals surface area contributed by atoms with Gasteiger partial charge in [0.1, 0.15) is 11.5 Å². The molecule has 0 aliphatic heterocycles. The average molecular weight is 276 g/mol. The van der Waals surface area contributed by atoms with Crippen molar-refractivity contribution in [1.29, 1.82) is 0 Å². The Bertz CT molecular complexity index is 591. The third kappa shape index (κ3) is 2.61. The second-order valence-corrected chi connectivity index (χ2v) is 6.67. The Hall–Kier alpha value is -1.48. The van der Waals surface area contributed by atoms with Crippen molar-refractivity contribution in [1.82, 2.24) is 0 Å². The van der Waals surface area contributed by atoms with Gasteiger partial charge < -0.3 is 9.84 Å². The molecule has 2 nitrogen and oxygen atoms in total.